The van der Waals surface area contributed by atoms with E-state index in [0.29, 0.717) is 5.92 Å². The normalized spacial score (nSPS) is 15.5. The first kappa shape index (κ1) is 18.5. The van der Waals surface area contributed by atoms with Gasteiger partial charge in [0.1, 0.15) is 11.6 Å². The number of fused-ring (bicyclic) bond motifs is 1. The molecule has 3 aromatic heterocycles. The molecule has 0 atom stereocenters. The molecule has 1 saturated heterocycles. The van der Waals surface area contributed by atoms with Crippen molar-refractivity contribution in [2.45, 2.75) is 46.1 Å². The fourth-order valence-electron chi connectivity index (χ4n) is 3.79. The van der Waals surface area contributed by atoms with Gasteiger partial charge in [-0.1, -0.05) is 13.8 Å². The molecule has 1 fully saturated rings. The lowest BCUT2D eigenvalue weighted by atomic mass is 9.96. The van der Waals surface area contributed by atoms with Crippen molar-refractivity contribution >= 4 is 16.9 Å². The Morgan fingerprint density at radius 2 is 1.96 bits per heavy atom. The van der Waals surface area contributed by atoms with E-state index in [2.05, 4.69) is 38.7 Å². The molecule has 7 heteroatoms. The van der Waals surface area contributed by atoms with Gasteiger partial charge in [-0.3, -0.25) is 9.36 Å². The largest absolute Gasteiger partial charge is 0.356 e. The Kier molecular flexibility index (Phi) is 5.07. The number of anilines is 1. The van der Waals surface area contributed by atoms with Crippen LogP contribution in [-0.4, -0.2) is 37.6 Å². The molecule has 0 aliphatic carbocycles. The number of rotatable bonds is 4. The van der Waals surface area contributed by atoms with E-state index in [1.165, 1.54) is 0 Å². The van der Waals surface area contributed by atoms with Gasteiger partial charge in [0.2, 0.25) is 0 Å². The number of nitrogens with zero attached hydrogens (tertiary/aromatic N) is 6. The Hall–Kier alpha value is -2.83. The van der Waals surface area contributed by atoms with Gasteiger partial charge in [-0.25, -0.2) is 19.9 Å². The summed E-state index contributed by atoms with van der Waals surface area (Å²) >= 11 is 0. The second-order valence-electron chi connectivity index (χ2n) is 7.86. The van der Waals surface area contributed by atoms with Crippen LogP contribution in [0, 0.1) is 12.8 Å². The number of hydrogen-bond donors (Lipinski definition) is 0. The van der Waals surface area contributed by atoms with Crippen molar-refractivity contribution in [1.29, 1.82) is 0 Å². The standard InChI is InChI=1S/C21H26N6O/c1-14(2)18-11-19(28)27(13-23-18)12-16-6-9-26(10-7-16)21-17-5-4-8-22-20(17)24-15(3)25-21/h4-5,8,11,13-14,16H,6-7,9-10,12H2,1-3H3. The summed E-state index contributed by atoms with van der Waals surface area (Å²) in [5.74, 6) is 2.44. The summed E-state index contributed by atoms with van der Waals surface area (Å²) in [4.78, 5) is 32.6. The fourth-order valence-corrected chi connectivity index (χ4v) is 3.79. The Labute approximate surface area is 164 Å². The Balaban J connectivity index is 1.47. The molecular weight excluding hydrogens is 352 g/mol. The number of piperidine rings is 1. The lowest BCUT2D eigenvalue weighted by molar-refractivity contribution is 0.350. The van der Waals surface area contributed by atoms with E-state index in [0.717, 1.165) is 60.8 Å². The summed E-state index contributed by atoms with van der Waals surface area (Å²) in [6.45, 7) is 8.56. The van der Waals surface area contributed by atoms with E-state index in [9.17, 15) is 4.79 Å². The smallest absolute Gasteiger partial charge is 0.253 e. The minimum absolute atomic E-state index is 0.0459. The van der Waals surface area contributed by atoms with Crippen LogP contribution in [0.3, 0.4) is 0 Å². The molecule has 0 saturated carbocycles. The van der Waals surface area contributed by atoms with Gasteiger partial charge in [0.25, 0.3) is 5.56 Å². The van der Waals surface area contributed by atoms with E-state index in [1.54, 1.807) is 23.2 Å². The third-order valence-electron chi connectivity index (χ3n) is 5.42. The highest BCUT2D eigenvalue weighted by molar-refractivity contribution is 5.86. The van der Waals surface area contributed by atoms with Crippen molar-refractivity contribution in [3.8, 4) is 0 Å². The molecule has 0 aromatic carbocycles. The molecule has 0 N–H and O–H groups in total. The molecule has 146 valence electrons. The summed E-state index contributed by atoms with van der Waals surface area (Å²) < 4.78 is 1.75. The van der Waals surface area contributed by atoms with Crippen molar-refractivity contribution in [1.82, 2.24) is 24.5 Å². The molecule has 4 heterocycles. The van der Waals surface area contributed by atoms with Crippen molar-refractivity contribution in [2.24, 2.45) is 5.92 Å². The first-order valence-corrected chi connectivity index (χ1v) is 9.92. The number of aryl methyl sites for hydroxylation is 1. The molecule has 0 unspecified atom stereocenters. The van der Waals surface area contributed by atoms with Crippen molar-refractivity contribution in [3.63, 3.8) is 0 Å². The molecule has 28 heavy (non-hydrogen) atoms. The first-order chi connectivity index (χ1) is 13.5. The molecule has 0 bridgehead atoms. The quantitative estimate of drug-likeness (QED) is 0.695. The minimum Gasteiger partial charge on any atom is -0.356 e. The predicted molar refractivity (Wildman–Crippen MR) is 110 cm³/mol. The third-order valence-corrected chi connectivity index (χ3v) is 5.42. The molecule has 0 radical (unpaired) electrons. The van der Waals surface area contributed by atoms with Crippen LogP contribution in [-0.2, 0) is 6.54 Å². The number of aromatic nitrogens is 5. The summed E-state index contributed by atoms with van der Waals surface area (Å²) in [6, 6.07) is 5.63. The Morgan fingerprint density at radius 1 is 1.18 bits per heavy atom. The van der Waals surface area contributed by atoms with E-state index < -0.39 is 0 Å². The number of pyridine rings is 1. The van der Waals surface area contributed by atoms with E-state index >= 15 is 0 Å². The van der Waals surface area contributed by atoms with Crippen molar-refractivity contribution in [2.75, 3.05) is 18.0 Å². The van der Waals surface area contributed by atoms with Crippen LogP contribution in [0.2, 0.25) is 0 Å². The highest BCUT2D eigenvalue weighted by Gasteiger charge is 2.23. The molecule has 1 aliphatic heterocycles. The van der Waals surface area contributed by atoms with Crippen molar-refractivity contribution in [3.05, 3.63) is 52.6 Å². The second kappa shape index (κ2) is 7.66. The summed E-state index contributed by atoms with van der Waals surface area (Å²) in [6.07, 6.45) is 5.50. The molecular formula is C21H26N6O. The summed E-state index contributed by atoms with van der Waals surface area (Å²) in [5.41, 5.74) is 1.65. The monoisotopic (exact) mass is 378 g/mol. The van der Waals surface area contributed by atoms with Gasteiger partial charge in [-0.2, -0.15) is 0 Å². The van der Waals surface area contributed by atoms with Crippen LogP contribution in [0.15, 0.2) is 35.5 Å². The predicted octanol–water partition coefficient (Wildman–Crippen LogP) is 2.93. The zero-order valence-corrected chi connectivity index (χ0v) is 16.7. The average Bonchev–Trinajstić information content (AvgIpc) is 2.69. The minimum atomic E-state index is 0.0459. The van der Waals surface area contributed by atoms with Gasteiger partial charge < -0.3 is 4.90 Å². The molecule has 3 aromatic rings. The van der Waals surface area contributed by atoms with E-state index in [4.69, 9.17) is 0 Å². The zero-order chi connectivity index (χ0) is 19.7. The van der Waals surface area contributed by atoms with Crippen LogP contribution in [0.5, 0.6) is 0 Å². The van der Waals surface area contributed by atoms with Gasteiger partial charge in [0, 0.05) is 31.9 Å². The van der Waals surface area contributed by atoms with Crippen LogP contribution in [0.4, 0.5) is 5.82 Å². The first-order valence-electron chi connectivity index (χ1n) is 9.92. The van der Waals surface area contributed by atoms with Crippen LogP contribution in [0.1, 0.15) is 44.1 Å². The van der Waals surface area contributed by atoms with E-state index in [-0.39, 0.29) is 11.5 Å². The van der Waals surface area contributed by atoms with Crippen LogP contribution < -0.4 is 10.5 Å². The Morgan fingerprint density at radius 3 is 2.68 bits per heavy atom. The maximum absolute atomic E-state index is 12.4. The lowest BCUT2D eigenvalue weighted by Gasteiger charge is -2.33. The fraction of sp³-hybridized carbons (Fsp3) is 0.476. The summed E-state index contributed by atoms with van der Waals surface area (Å²) in [7, 11) is 0. The molecule has 4 rings (SSSR count). The second-order valence-corrected chi connectivity index (χ2v) is 7.86. The third kappa shape index (κ3) is 3.74. The zero-order valence-electron chi connectivity index (χ0n) is 16.7. The van der Waals surface area contributed by atoms with Crippen molar-refractivity contribution < 1.29 is 0 Å². The van der Waals surface area contributed by atoms with Crippen LogP contribution in [0.25, 0.3) is 11.0 Å². The Bertz CT molecular complexity index is 1040. The number of hydrogen-bond acceptors (Lipinski definition) is 6. The van der Waals surface area contributed by atoms with Gasteiger partial charge in [-0.15, -0.1) is 0 Å². The van der Waals surface area contributed by atoms with Gasteiger partial charge in [0.05, 0.1) is 17.4 Å². The summed E-state index contributed by atoms with van der Waals surface area (Å²) in [5, 5.41) is 0.997. The highest BCUT2D eigenvalue weighted by Crippen LogP contribution is 2.27. The SMILES string of the molecule is Cc1nc(N2CCC(Cn3cnc(C(C)C)cc3=O)CC2)c2cccnc2n1. The topological polar surface area (TPSA) is 76.8 Å². The van der Waals surface area contributed by atoms with Crippen LogP contribution >= 0.6 is 0 Å². The lowest BCUT2D eigenvalue weighted by Crippen LogP contribution is -2.37. The molecule has 0 spiro atoms. The maximum Gasteiger partial charge on any atom is 0.253 e. The maximum atomic E-state index is 12.4. The van der Waals surface area contributed by atoms with Gasteiger partial charge in [-0.05, 0) is 43.7 Å². The molecule has 7 nitrogen and oxygen atoms in total. The van der Waals surface area contributed by atoms with Gasteiger partial charge in [0.15, 0.2) is 5.65 Å². The van der Waals surface area contributed by atoms with Gasteiger partial charge >= 0.3 is 0 Å². The van der Waals surface area contributed by atoms with E-state index in [1.807, 2.05) is 19.1 Å². The molecule has 0 amide bonds. The molecule has 1 aliphatic rings. The average molecular weight is 378 g/mol. The highest BCUT2D eigenvalue weighted by atomic mass is 16.1.